The molecule has 1 atom stereocenters. The molecule has 1 aliphatic carbocycles. The number of fused-ring (bicyclic) bond motifs is 1. The van der Waals surface area contributed by atoms with Crippen molar-refractivity contribution in [2.45, 2.75) is 96.1 Å². The van der Waals surface area contributed by atoms with E-state index in [0.717, 1.165) is 58.7 Å². The Kier molecular flexibility index (Phi) is 9.87. The number of piperidine rings is 2. The van der Waals surface area contributed by atoms with Crippen LogP contribution in [0.25, 0.3) is 22.2 Å². The third kappa shape index (κ3) is 6.89. The van der Waals surface area contributed by atoms with Crippen LogP contribution in [0.5, 0.6) is 0 Å². The maximum Gasteiger partial charge on any atom is 0.252 e. The minimum absolute atomic E-state index is 0.0706. The van der Waals surface area contributed by atoms with E-state index in [1.165, 1.54) is 90.4 Å². The van der Waals surface area contributed by atoms with Crippen LogP contribution in [0.15, 0.2) is 54.6 Å². The molecule has 3 aromatic rings. The highest BCUT2D eigenvalue weighted by Gasteiger charge is 2.28. The van der Waals surface area contributed by atoms with Crippen molar-refractivity contribution in [1.29, 1.82) is 0 Å². The van der Waals surface area contributed by atoms with Crippen LogP contribution in [0, 0.1) is 5.92 Å². The molecule has 3 fully saturated rings. The Labute approximate surface area is 253 Å². The topological polar surface area (TPSA) is 48.5 Å². The molecule has 42 heavy (non-hydrogen) atoms. The third-order valence-electron chi connectivity index (χ3n) is 10.3. The van der Waals surface area contributed by atoms with Crippen LogP contribution in [0.1, 0.15) is 93.5 Å². The summed E-state index contributed by atoms with van der Waals surface area (Å²) in [5, 5.41) is 4.45. The predicted molar refractivity (Wildman–Crippen MR) is 174 cm³/mol. The highest BCUT2D eigenvalue weighted by molar-refractivity contribution is 6.09. The van der Waals surface area contributed by atoms with Gasteiger partial charge >= 0.3 is 0 Å². The molecule has 3 heterocycles. The van der Waals surface area contributed by atoms with Crippen LogP contribution in [0.2, 0.25) is 0 Å². The molecule has 3 aliphatic rings. The third-order valence-corrected chi connectivity index (χ3v) is 10.3. The second-order valence-electron chi connectivity index (χ2n) is 13.1. The Balaban J connectivity index is 1.23. The van der Waals surface area contributed by atoms with Gasteiger partial charge in [0, 0.05) is 23.0 Å². The number of rotatable bonds is 9. The van der Waals surface area contributed by atoms with Gasteiger partial charge in [-0.3, -0.25) is 4.79 Å². The van der Waals surface area contributed by atoms with Crippen molar-refractivity contribution in [2.75, 3.05) is 32.7 Å². The van der Waals surface area contributed by atoms with Crippen molar-refractivity contribution in [2.24, 2.45) is 5.92 Å². The van der Waals surface area contributed by atoms with Crippen molar-refractivity contribution in [3.63, 3.8) is 0 Å². The standard InChI is InChI=1S/C37H50N4O/c1-28(29-14-5-2-6-15-29)38-37(42)35-32-18-9-10-20-34(32)39-36(30-16-7-3-8-17-30)33(35)19-13-23-40-26-21-31(22-27-40)41-24-11-4-12-25-41/h3,7-10,16-18,20,28-29,31H,2,4-6,11-15,19,21-27H2,1H3,(H,38,42)/t28-/m0/s1. The average Bonchev–Trinajstić information content (AvgIpc) is 3.05. The van der Waals surface area contributed by atoms with E-state index in [2.05, 4.69) is 64.5 Å². The predicted octanol–water partition coefficient (Wildman–Crippen LogP) is 7.48. The van der Waals surface area contributed by atoms with Crippen LogP contribution in [-0.2, 0) is 6.42 Å². The summed E-state index contributed by atoms with van der Waals surface area (Å²) >= 11 is 0. The molecule has 0 radical (unpaired) electrons. The second-order valence-corrected chi connectivity index (χ2v) is 13.1. The number of carbonyl (C=O) groups excluding carboxylic acids is 1. The zero-order valence-corrected chi connectivity index (χ0v) is 25.7. The number of aromatic nitrogens is 1. The lowest BCUT2D eigenvalue weighted by molar-refractivity contribution is 0.0913. The number of nitrogens with zero attached hydrogens (tertiary/aromatic N) is 3. The Morgan fingerprint density at radius 3 is 2.31 bits per heavy atom. The Hall–Kier alpha value is -2.76. The van der Waals surface area contributed by atoms with Crippen LogP contribution in [-0.4, -0.2) is 65.5 Å². The number of nitrogens with one attached hydrogen (secondary N) is 1. The van der Waals surface area contributed by atoms with E-state index in [1.54, 1.807) is 0 Å². The first-order valence-electron chi connectivity index (χ1n) is 16.9. The number of hydrogen-bond acceptors (Lipinski definition) is 4. The van der Waals surface area contributed by atoms with E-state index in [0.29, 0.717) is 5.92 Å². The summed E-state index contributed by atoms with van der Waals surface area (Å²) in [5.41, 5.74) is 4.90. The Bertz CT molecular complexity index is 1300. The van der Waals surface area contributed by atoms with Crippen LogP contribution in [0.3, 0.4) is 0 Å². The van der Waals surface area contributed by atoms with Gasteiger partial charge in [0.1, 0.15) is 0 Å². The summed E-state index contributed by atoms with van der Waals surface area (Å²) in [4.78, 5) is 24.8. The summed E-state index contributed by atoms with van der Waals surface area (Å²) < 4.78 is 0. The lowest BCUT2D eigenvalue weighted by atomic mass is 9.84. The van der Waals surface area contributed by atoms with Gasteiger partial charge in [-0.15, -0.1) is 0 Å². The number of benzene rings is 2. The second kappa shape index (κ2) is 14.1. The molecule has 6 rings (SSSR count). The highest BCUT2D eigenvalue weighted by Crippen LogP contribution is 2.33. The Morgan fingerprint density at radius 2 is 1.55 bits per heavy atom. The zero-order valence-electron chi connectivity index (χ0n) is 25.7. The monoisotopic (exact) mass is 566 g/mol. The number of carbonyl (C=O) groups is 1. The fourth-order valence-electron chi connectivity index (χ4n) is 7.89. The highest BCUT2D eigenvalue weighted by atomic mass is 16.1. The fraction of sp³-hybridized carbons (Fsp3) is 0.568. The van der Waals surface area contributed by atoms with Gasteiger partial charge in [0.2, 0.25) is 0 Å². The van der Waals surface area contributed by atoms with Crippen molar-refractivity contribution >= 4 is 16.8 Å². The summed E-state index contributed by atoms with van der Waals surface area (Å²) in [6.07, 6.45) is 14.9. The molecule has 1 N–H and O–H groups in total. The zero-order chi connectivity index (χ0) is 28.7. The van der Waals surface area contributed by atoms with E-state index in [4.69, 9.17) is 4.98 Å². The summed E-state index contributed by atoms with van der Waals surface area (Å²) in [5.74, 6) is 0.641. The maximum absolute atomic E-state index is 14.2. The van der Waals surface area contributed by atoms with Crippen LogP contribution in [0.4, 0.5) is 0 Å². The average molecular weight is 567 g/mol. The molecule has 5 nitrogen and oxygen atoms in total. The first-order chi connectivity index (χ1) is 20.7. The number of pyridine rings is 1. The molecule has 0 spiro atoms. The minimum Gasteiger partial charge on any atom is -0.349 e. The molecule has 0 unspecified atom stereocenters. The van der Waals surface area contributed by atoms with E-state index in [-0.39, 0.29) is 11.9 Å². The number of hydrogen-bond donors (Lipinski definition) is 1. The summed E-state index contributed by atoms with van der Waals surface area (Å²) in [7, 11) is 0. The van der Waals surface area contributed by atoms with Gasteiger partial charge in [-0.1, -0.05) is 74.2 Å². The smallest absolute Gasteiger partial charge is 0.252 e. The van der Waals surface area contributed by atoms with E-state index in [1.807, 2.05) is 12.1 Å². The van der Waals surface area contributed by atoms with Crippen LogP contribution < -0.4 is 5.32 Å². The number of para-hydroxylation sites is 1. The molecular weight excluding hydrogens is 516 g/mol. The molecule has 224 valence electrons. The molecule has 1 amide bonds. The molecular formula is C37H50N4O. The van der Waals surface area contributed by atoms with Crippen molar-refractivity contribution in [3.05, 3.63) is 65.7 Å². The van der Waals surface area contributed by atoms with Gasteiger partial charge in [0.15, 0.2) is 0 Å². The van der Waals surface area contributed by atoms with Gasteiger partial charge in [-0.2, -0.15) is 0 Å². The van der Waals surface area contributed by atoms with Gasteiger partial charge in [0.05, 0.1) is 16.8 Å². The van der Waals surface area contributed by atoms with Crippen LogP contribution >= 0.6 is 0 Å². The normalized spacial score (nSPS) is 20.5. The first kappa shape index (κ1) is 29.3. The van der Waals surface area contributed by atoms with Crippen molar-refractivity contribution < 1.29 is 4.79 Å². The van der Waals surface area contributed by atoms with Gasteiger partial charge < -0.3 is 15.1 Å². The van der Waals surface area contributed by atoms with E-state index >= 15 is 0 Å². The summed E-state index contributed by atoms with van der Waals surface area (Å²) in [6.45, 7) is 8.26. The quantitative estimate of drug-likeness (QED) is 0.292. The minimum atomic E-state index is 0.0706. The molecule has 2 saturated heterocycles. The van der Waals surface area contributed by atoms with Gasteiger partial charge in [-0.05, 0) is 109 Å². The van der Waals surface area contributed by atoms with E-state index < -0.39 is 0 Å². The SMILES string of the molecule is C[C@H](NC(=O)c1c(CCCN2CCC(N3CCCCC3)CC2)c(-c2ccccc2)nc2ccccc12)C1CCCCC1. The van der Waals surface area contributed by atoms with Gasteiger partial charge in [-0.25, -0.2) is 4.98 Å². The van der Waals surface area contributed by atoms with Crippen molar-refractivity contribution in [1.82, 2.24) is 20.1 Å². The van der Waals surface area contributed by atoms with Crippen molar-refractivity contribution in [3.8, 4) is 11.3 Å². The Morgan fingerprint density at radius 1 is 0.857 bits per heavy atom. The summed E-state index contributed by atoms with van der Waals surface area (Å²) in [6, 6.07) is 19.7. The number of likely N-dealkylation sites (tertiary alicyclic amines) is 2. The molecule has 0 bridgehead atoms. The first-order valence-corrected chi connectivity index (χ1v) is 16.9. The molecule has 2 aliphatic heterocycles. The molecule has 1 aromatic heterocycles. The lowest BCUT2D eigenvalue weighted by Crippen LogP contribution is -2.46. The molecule has 5 heteroatoms. The number of amides is 1. The maximum atomic E-state index is 14.2. The largest absolute Gasteiger partial charge is 0.349 e. The fourth-order valence-corrected chi connectivity index (χ4v) is 7.89. The van der Waals surface area contributed by atoms with E-state index in [9.17, 15) is 4.79 Å². The molecule has 1 saturated carbocycles. The molecule has 2 aromatic carbocycles. The lowest BCUT2D eigenvalue weighted by Gasteiger charge is -2.40. The van der Waals surface area contributed by atoms with Gasteiger partial charge in [0.25, 0.3) is 5.91 Å².